The van der Waals surface area contributed by atoms with Crippen molar-refractivity contribution in [3.8, 4) is 5.69 Å². The molecule has 0 spiro atoms. The molecule has 2 aromatic heterocycles. The van der Waals surface area contributed by atoms with Crippen LogP contribution in [0.3, 0.4) is 0 Å². The summed E-state index contributed by atoms with van der Waals surface area (Å²) in [6, 6.07) is 39.5. The molecule has 216 valence electrons. The zero-order valence-electron chi connectivity index (χ0n) is 25.4. The lowest BCUT2D eigenvalue weighted by Gasteiger charge is -2.34. The first-order valence-corrected chi connectivity index (χ1v) is 16.0. The van der Waals surface area contributed by atoms with Crippen LogP contribution in [0.15, 0.2) is 125 Å². The van der Waals surface area contributed by atoms with Crippen LogP contribution in [0.5, 0.6) is 0 Å². The molecule has 3 aliphatic rings. The Bertz CT molecular complexity index is 2410. The predicted molar refractivity (Wildman–Crippen MR) is 187 cm³/mol. The lowest BCUT2D eigenvalue weighted by atomic mass is 9.72. The Hall–Kier alpha value is -5.28. The van der Waals surface area contributed by atoms with Crippen LogP contribution in [0, 0.1) is 5.92 Å². The summed E-state index contributed by atoms with van der Waals surface area (Å²) in [5, 5.41) is 3.73. The third-order valence-electron chi connectivity index (χ3n) is 10.5. The lowest BCUT2D eigenvalue weighted by molar-refractivity contribution is 0.567. The van der Waals surface area contributed by atoms with Crippen molar-refractivity contribution in [3.63, 3.8) is 0 Å². The largest absolute Gasteiger partial charge is 0.454 e. The molecule has 0 radical (unpaired) electrons. The summed E-state index contributed by atoms with van der Waals surface area (Å²) in [5.41, 5.74) is 14.6. The predicted octanol–water partition coefficient (Wildman–Crippen LogP) is 10.7. The van der Waals surface area contributed by atoms with Crippen molar-refractivity contribution < 1.29 is 4.42 Å². The van der Waals surface area contributed by atoms with Crippen molar-refractivity contribution in [2.75, 3.05) is 4.90 Å². The fourth-order valence-electron chi connectivity index (χ4n) is 8.46. The maximum Gasteiger partial charge on any atom is 0.159 e. The number of benzene rings is 5. The summed E-state index contributed by atoms with van der Waals surface area (Å²) in [5.74, 6) is 0.554. The minimum absolute atomic E-state index is 0.241. The van der Waals surface area contributed by atoms with E-state index in [1.54, 1.807) is 0 Å². The summed E-state index contributed by atoms with van der Waals surface area (Å²) in [6.07, 6.45) is 9.25. The highest BCUT2D eigenvalue weighted by molar-refractivity contribution is 6.12. The van der Waals surface area contributed by atoms with Crippen molar-refractivity contribution >= 4 is 56.4 Å². The first-order chi connectivity index (χ1) is 22.1. The number of allylic oxidation sites excluding steroid dienone is 2. The van der Waals surface area contributed by atoms with Crippen LogP contribution in [0.2, 0.25) is 0 Å². The van der Waals surface area contributed by atoms with E-state index in [0.717, 1.165) is 35.1 Å². The molecular weight excluding hydrogens is 548 g/mol. The van der Waals surface area contributed by atoms with Gasteiger partial charge in [0.05, 0.1) is 16.9 Å². The average Bonchev–Trinajstić information content (AvgIpc) is 3.69. The van der Waals surface area contributed by atoms with Crippen molar-refractivity contribution in [1.29, 1.82) is 0 Å². The number of anilines is 2. The number of para-hydroxylation sites is 3. The van der Waals surface area contributed by atoms with Gasteiger partial charge in [-0.15, -0.1) is 0 Å². The van der Waals surface area contributed by atoms with Crippen LogP contribution in [0.4, 0.5) is 11.4 Å². The van der Waals surface area contributed by atoms with Gasteiger partial charge in [-0.2, -0.15) is 0 Å². The fourth-order valence-corrected chi connectivity index (χ4v) is 8.46. The zero-order valence-corrected chi connectivity index (χ0v) is 25.4. The van der Waals surface area contributed by atoms with E-state index in [4.69, 9.17) is 4.42 Å². The minimum atomic E-state index is -0.241. The monoisotopic (exact) mass is 580 g/mol. The molecule has 0 saturated heterocycles. The van der Waals surface area contributed by atoms with Gasteiger partial charge in [-0.25, -0.2) is 0 Å². The Morgan fingerprint density at radius 3 is 2.36 bits per heavy atom. The van der Waals surface area contributed by atoms with Gasteiger partial charge in [0, 0.05) is 38.6 Å². The molecule has 3 heteroatoms. The molecule has 3 heterocycles. The molecule has 0 saturated carbocycles. The van der Waals surface area contributed by atoms with Gasteiger partial charge in [0.2, 0.25) is 0 Å². The molecule has 2 atom stereocenters. The van der Waals surface area contributed by atoms with Gasteiger partial charge in [0.15, 0.2) is 5.58 Å². The van der Waals surface area contributed by atoms with Crippen LogP contribution in [-0.4, -0.2) is 4.57 Å². The number of rotatable bonds is 2. The van der Waals surface area contributed by atoms with Gasteiger partial charge < -0.3 is 13.9 Å². The second kappa shape index (κ2) is 8.89. The first-order valence-electron chi connectivity index (χ1n) is 16.0. The summed E-state index contributed by atoms with van der Waals surface area (Å²) in [4.78, 5) is 2.48. The lowest BCUT2D eigenvalue weighted by Crippen LogP contribution is -2.31. The van der Waals surface area contributed by atoms with Gasteiger partial charge in [-0.3, -0.25) is 0 Å². The van der Waals surface area contributed by atoms with Crippen LogP contribution in [-0.2, 0) is 18.3 Å². The molecular formula is C42H32N2O. The highest BCUT2D eigenvalue weighted by Gasteiger charge is 2.49. The summed E-state index contributed by atoms with van der Waals surface area (Å²) in [6.45, 7) is 4.76. The zero-order chi connectivity index (χ0) is 29.9. The molecule has 1 aliphatic heterocycles. The maximum absolute atomic E-state index is 6.72. The van der Waals surface area contributed by atoms with Crippen LogP contribution < -0.4 is 4.90 Å². The quantitative estimate of drug-likeness (QED) is 0.203. The van der Waals surface area contributed by atoms with E-state index in [-0.39, 0.29) is 5.41 Å². The molecule has 5 aromatic carbocycles. The van der Waals surface area contributed by atoms with Crippen LogP contribution in [0.1, 0.15) is 41.8 Å². The van der Waals surface area contributed by atoms with E-state index in [2.05, 4.69) is 151 Å². The van der Waals surface area contributed by atoms with E-state index in [1.165, 1.54) is 61.3 Å². The average molecular weight is 581 g/mol. The molecule has 2 unspecified atom stereocenters. The summed E-state index contributed by atoms with van der Waals surface area (Å²) >= 11 is 0. The standard InChI is InChI=1S/C42H32N2O/c1-26-17-19-30-27(23-26)18-22-35-39(30)33-25-42(2)34-21-20-32-31-15-9-10-16-37(31)45-41(32)40(34)44(29-13-7-4-8-14-29)38(42)24-36(33)43(35)28-11-5-3-6-12-28/h3-22,24,26H,23,25H2,1-2H3. The van der Waals surface area contributed by atoms with Crippen LogP contribution in [0.25, 0.3) is 50.7 Å². The molecule has 2 aliphatic carbocycles. The Morgan fingerprint density at radius 2 is 1.53 bits per heavy atom. The number of hydrogen-bond donors (Lipinski definition) is 0. The molecule has 7 aromatic rings. The van der Waals surface area contributed by atoms with Crippen molar-refractivity contribution in [2.24, 2.45) is 5.92 Å². The summed E-state index contributed by atoms with van der Waals surface area (Å²) in [7, 11) is 0. The molecule has 0 fully saturated rings. The van der Waals surface area contributed by atoms with Gasteiger partial charge in [0.25, 0.3) is 0 Å². The molecule has 0 amide bonds. The number of furan rings is 1. The summed E-state index contributed by atoms with van der Waals surface area (Å²) < 4.78 is 9.21. The second-order valence-corrected chi connectivity index (χ2v) is 13.3. The van der Waals surface area contributed by atoms with Crippen molar-refractivity contribution in [2.45, 2.75) is 32.1 Å². The van der Waals surface area contributed by atoms with E-state index in [9.17, 15) is 0 Å². The van der Waals surface area contributed by atoms with E-state index >= 15 is 0 Å². The minimum Gasteiger partial charge on any atom is -0.454 e. The third-order valence-corrected chi connectivity index (χ3v) is 10.5. The Labute approximate surface area is 262 Å². The molecule has 45 heavy (non-hydrogen) atoms. The smallest absolute Gasteiger partial charge is 0.159 e. The molecule has 3 nitrogen and oxygen atoms in total. The van der Waals surface area contributed by atoms with Crippen molar-refractivity contribution in [3.05, 3.63) is 149 Å². The topological polar surface area (TPSA) is 21.3 Å². The first kappa shape index (κ1) is 25.1. The highest BCUT2D eigenvalue weighted by atomic mass is 16.3. The number of hydrogen-bond acceptors (Lipinski definition) is 2. The van der Waals surface area contributed by atoms with E-state index in [0.29, 0.717) is 5.92 Å². The van der Waals surface area contributed by atoms with Gasteiger partial charge in [0.1, 0.15) is 5.58 Å². The van der Waals surface area contributed by atoms with Crippen molar-refractivity contribution in [1.82, 2.24) is 4.57 Å². The Kier molecular flexibility index (Phi) is 4.96. The van der Waals surface area contributed by atoms with Gasteiger partial charge in [-0.05, 0) is 90.4 Å². The second-order valence-electron chi connectivity index (χ2n) is 13.3. The van der Waals surface area contributed by atoms with Gasteiger partial charge >= 0.3 is 0 Å². The number of aromatic nitrogens is 1. The number of fused-ring (bicyclic) bond motifs is 12. The third kappa shape index (κ3) is 3.30. The Balaban J connectivity index is 1.32. The fraction of sp³-hybridized carbons (Fsp3) is 0.143. The van der Waals surface area contributed by atoms with E-state index in [1.807, 2.05) is 0 Å². The highest BCUT2D eigenvalue weighted by Crippen LogP contribution is 2.59. The van der Waals surface area contributed by atoms with Gasteiger partial charge in [-0.1, -0.05) is 91.9 Å². The normalized spacial score (nSPS) is 19.9. The number of nitrogens with zero attached hydrogens (tertiary/aromatic N) is 2. The SMILES string of the molecule is CC1C=Cc2c(ccc3c2c2c(n3-c3ccccc3)C=C3N(c4ccccc4)c4c(ccc5c4oc4ccccc45)C3(C)C2)C1. The molecule has 0 N–H and O–H groups in total. The molecule has 10 rings (SSSR count). The Morgan fingerprint density at radius 1 is 0.778 bits per heavy atom. The molecule has 0 bridgehead atoms. The van der Waals surface area contributed by atoms with E-state index < -0.39 is 0 Å². The maximum atomic E-state index is 6.72. The van der Waals surface area contributed by atoms with Crippen LogP contribution >= 0.6 is 0 Å².